The van der Waals surface area contributed by atoms with Gasteiger partial charge in [0.05, 0.1) is 51.6 Å². The molecule has 0 amide bonds. The molecule has 16 nitrogen and oxygen atoms in total. The summed E-state index contributed by atoms with van der Waals surface area (Å²) in [6.07, 6.45) is 12.4. The van der Waals surface area contributed by atoms with Crippen molar-refractivity contribution in [3.63, 3.8) is 0 Å². The molecule has 4 fully saturated rings. The third kappa shape index (κ3) is 11.2. The third-order valence-corrected chi connectivity index (χ3v) is 16.8. The van der Waals surface area contributed by atoms with E-state index in [0.29, 0.717) is 66.6 Å². The number of aliphatic hydroxyl groups is 2. The number of nitrogens with zero attached hydrogens (tertiary/aromatic N) is 4. The van der Waals surface area contributed by atoms with Gasteiger partial charge in [-0.25, -0.2) is 15.0 Å². The number of nitrogens with two attached hydrogens (primary N) is 2. The molecule has 0 aromatic carbocycles. The molecule has 0 aliphatic heterocycles. The normalized spacial score (nSPS) is 31.8. The van der Waals surface area contributed by atoms with E-state index in [1.807, 2.05) is 13.8 Å². The molecule has 1 unspecified atom stereocenters. The summed E-state index contributed by atoms with van der Waals surface area (Å²) in [6, 6.07) is -0.706. The zero-order chi connectivity index (χ0) is 44.0. The maximum Gasteiger partial charge on any atom is 0.356 e. The predicted octanol–water partition coefficient (Wildman–Crippen LogP) is 6.26. The van der Waals surface area contributed by atoms with E-state index in [0.717, 1.165) is 38.5 Å². The molecule has 0 saturated heterocycles. The van der Waals surface area contributed by atoms with Crippen LogP contribution < -0.4 is 11.5 Å². The largest absolute Gasteiger partial charge is 0.466 e. The SMILES string of the molecule is CC(C)C[C@@H](N)C(=O)OCCCOP(=O)(COCCn1cnc2c(N)ncnc21)OCCCOC(=O)CC[C@@H](C)[C@H]1CC[C@H]2[C@@H]3CC[C@@H]4C[C@H](O)CC[C@]4(C)[C@H]3C[C@H](O)[C@]12C. The molecule has 0 radical (unpaired) electrons. The van der Waals surface area contributed by atoms with Gasteiger partial charge in [0.1, 0.15) is 24.2 Å². The molecule has 6 N–H and O–H groups in total. The highest BCUT2D eigenvalue weighted by Gasteiger charge is 2.63. The topological polar surface area (TPSA) is 233 Å². The first-order valence-electron chi connectivity index (χ1n) is 22.9. The predicted molar refractivity (Wildman–Crippen MR) is 230 cm³/mol. The van der Waals surface area contributed by atoms with Gasteiger partial charge in [0.2, 0.25) is 0 Å². The molecular weight excluding hydrogens is 803 g/mol. The van der Waals surface area contributed by atoms with Crippen LogP contribution in [-0.2, 0) is 44.0 Å². The van der Waals surface area contributed by atoms with Crippen LogP contribution in [0.2, 0.25) is 0 Å². The van der Waals surface area contributed by atoms with Gasteiger partial charge in [0.15, 0.2) is 11.5 Å². The van der Waals surface area contributed by atoms with E-state index in [4.69, 9.17) is 34.7 Å². The summed E-state index contributed by atoms with van der Waals surface area (Å²) in [6.45, 7) is 11.6. The second-order valence-electron chi connectivity index (χ2n) is 19.4. The number of anilines is 1. The molecule has 17 heteroatoms. The molecule has 2 aromatic heterocycles. The number of esters is 2. The number of aliphatic hydroxyl groups excluding tert-OH is 2. The second kappa shape index (κ2) is 20.9. The number of ether oxygens (including phenoxy) is 3. The Kier molecular flexibility index (Phi) is 16.3. The Labute approximate surface area is 361 Å². The lowest BCUT2D eigenvalue weighted by Crippen LogP contribution is -2.58. The number of hydrogen-bond acceptors (Lipinski definition) is 15. The molecular formula is C44H73N6O10P. The van der Waals surface area contributed by atoms with Crippen LogP contribution in [0.15, 0.2) is 12.7 Å². The van der Waals surface area contributed by atoms with Crippen molar-refractivity contribution in [1.82, 2.24) is 19.5 Å². The fourth-order valence-corrected chi connectivity index (χ4v) is 13.3. The summed E-state index contributed by atoms with van der Waals surface area (Å²) in [5.74, 6) is 2.50. The quantitative estimate of drug-likeness (QED) is 0.0581. The van der Waals surface area contributed by atoms with Gasteiger partial charge in [-0.2, -0.15) is 0 Å². The monoisotopic (exact) mass is 877 g/mol. The summed E-state index contributed by atoms with van der Waals surface area (Å²) in [4.78, 5) is 37.6. The number of hydrogen-bond donors (Lipinski definition) is 4. The second-order valence-corrected chi connectivity index (χ2v) is 21.4. The molecule has 2 heterocycles. The fraction of sp³-hybridized carbons (Fsp3) is 0.841. The molecule has 4 aliphatic rings. The van der Waals surface area contributed by atoms with Gasteiger partial charge in [0.25, 0.3) is 0 Å². The van der Waals surface area contributed by atoms with E-state index in [1.165, 1.54) is 19.2 Å². The van der Waals surface area contributed by atoms with E-state index >= 15 is 0 Å². The summed E-state index contributed by atoms with van der Waals surface area (Å²) in [7, 11) is -3.76. The average Bonchev–Trinajstić information content (AvgIpc) is 3.81. The first kappa shape index (κ1) is 47.8. The lowest BCUT2D eigenvalue weighted by molar-refractivity contribution is -0.175. The number of rotatable bonds is 22. The molecule has 2 aromatic rings. The zero-order valence-corrected chi connectivity index (χ0v) is 38.0. The van der Waals surface area contributed by atoms with Gasteiger partial charge in [-0.05, 0) is 116 Å². The molecule has 0 bridgehead atoms. The first-order valence-corrected chi connectivity index (χ1v) is 24.6. The van der Waals surface area contributed by atoms with Gasteiger partial charge in [0, 0.05) is 25.8 Å². The molecule has 12 atom stereocenters. The molecule has 4 saturated carbocycles. The zero-order valence-electron chi connectivity index (χ0n) is 37.1. The van der Waals surface area contributed by atoms with Crippen molar-refractivity contribution in [2.75, 3.05) is 45.1 Å². The number of carbonyl (C=O) groups is 2. The van der Waals surface area contributed by atoms with E-state index in [-0.39, 0.29) is 98.9 Å². The van der Waals surface area contributed by atoms with Crippen LogP contribution in [0.5, 0.6) is 0 Å². The van der Waals surface area contributed by atoms with E-state index in [9.17, 15) is 24.4 Å². The summed E-state index contributed by atoms with van der Waals surface area (Å²) in [5.41, 5.74) is 12.9. The third-order valence-electron chi connectivity index (χ3n) is 15.2. The highest BCUT2D eigenvalue weighted by atomic mass is 31.2. The van der Waals surface area contributed by atoms with Crippen LogP contribution in [0.25, 0.3) is 11.2 Å². The van der Waals surface area contributed by atoms with Crippen molar-refractivity contribution < 1.29 is 47.6 Å². The minimum Gasteiger partial charge on any atom is -0.466 e. The molecule has 61 heavy (non-hydrogen) atoms. The van der Waals surface area contributed by atoms with E-state index in [2.05, 4.69) is 35.7 Å². The summed E-state index contributed by atoms with van der Waals surface area (Å²) in [5, 5.41) is 22.3. The van der Waals surface area contributed by atoms with Crippen LogP contribution in [0, 0.1) is 52.3 Å². The van der Waals surface area contributed by atoms with Gasteiger partial charge in [-0.15, -0.1) is 0 Å². The lowest BCUT2D eigenvalue weighted by Gasteiger charge is -2.62. The number of fused-ring (bicyclic) bond motifs is 6. The molecule has 344 valence electrons. The fourth-order valence-electron chi connectivity index (χ4n) is 11.9. The Morgan fingerprint density at radius 1 is 0.934 bits per heavy atom. The summed E-state index contributed by atoms with van der Waals surface area (Å²) < 4.78 is 43.6. The van der Waals surface area contributed by atoms with Crippen molar-refractivity contribution in [2.45, 2.75) is 143 Å². The van der Waals surface area contributed by atoms with E-state index in [1.54, 1.807) is 10.9 Å². The lowest BCUT2D eigenvalue weighted by atomic mass is 9.43. The Hall–Kier alpha value is -2.72. The van der Waals surface area contributed by atoms with Gasteiger partial charge in [-0.1, -0.05) is 34.6 Å². The van der Waals surface area contributed by atoms with Crippen LogP contribution in [0.4, 0.5) is 5.82 Å². The van der Waals surface area contributed by atoms with Crippen molar-refractivity contribution >= 4 is 36.5 Å². The van der Waals surface area contributed by atoms with Gasteiger partial charge < -0.3 is 49.5 Å². The average molecular weight is 877 g/mol. The Morgan fingerprint density at radius 3 is 2.41 bits per heavy atom. The number of nitrogen functional groups attached to an aromatic ring is 1. The van der Waals surface area contributed by atoms with Gasteiger partial charge in [-0.3, -0.25) is 14.2 Å². The van der Waals surface area contributed by atoms with Gasteiger partial charge >= 0.3 is 19.5 Å². The minimum atomic E-state index is -3.76. The highest BCUT2D eigenvalue weighted by molar-refractivity contribution is 7.53. The number of imidazole rings is 1. The Morgan fingerprint density at radius 2 is 1.67 bits per heavy atom. The maximum atomic E-state index is 13.8. The van der Waals surface area contributed by atoms with Crippen molar-refractivity contribution in [3.05, 3.63) is 12.7 Å². The Bertz CT molecular complexity index is 1820. The number of aromatic nitrogens is 4. The van der Waals surface area contributed by atoms with Crippen LogP contribution in [-0.4, -0.2) is 99.3 Å². The molecule has 4 aliphatic carbocycles. The van der Waals surface area contributed by atoms with Crippen LogP contribution in [0.1, 0.15) is 118 Å². The minimum absolute atomic E-state index is 0.00717. The molecule has 6 rings (SSSR count). The number of carbonyl (C=O) groups excluding carboxylic acids is 2. The van der Waals surface area contributed by atoms with E-state index < -0.39 is 19.6 Å². The smallest absolute Gasteiger partial charge is 0.356 e. The Balaban J connectivity index is 0.931. The standard InChI is InChI=1S/C44H73N6O10P/c1-28(2)22-36(45)42(54)58-18-7-20-60-61(55,27-56-21-16-50-26-49-39-40(46)47-25-48-41(39)50)59-19-6-17-57-38(53)13-8-29(3)33-11-12-34-32-10-9-30-23-31(51)14-15-43(30,4)35(32)24-37(52)44(33,34)5/h25-26,28-37,51-52H,6-24,27,45H2,1-5H3,(H2,46,47,48)/t29-,30-,31-,32+,33-,34+,35+,36-,37+,43+,44-,61?/m1/s1. The molecule has 0 spiro atoms. The van der Waals surface area contributed by atoms with Crippen LogP contribution >= 0.6 is 7.60 Å². The highest BCUT2D eigenvalue weighted by Crippen LogP contribution is 2.68. The van der Waals surface area contributed by atoms with Crippen LogP contribution in [0.3, 0.4) is 0 Å². The van der Waals surface area contributed by atoms with Crippen molar-refractivity contribution in [2.24, 2.45) is 58.0 Å². The maximum absolute atomic E-state index is 13.8. The van der Waals surface area contributed by atoms with Crippen molar-refractivity contribution in [3.8, 4) is 0 Å². The van der Waals surface area contributed by atoms with Crippen molar-refractivity contribution in [1.29, 1.82) is 0 Å². The summed E-state index contributed by atoms with van der Waals surface area (Å²) >= 11 is 0. The first-order chi connectivity index (χ1) is 29.1.